The summed E-state index contributed by atoms with van der Waals surface area (Å²) in [5.74, 6) is -0.598. The molecule has 1 aliphatic rings. The van der Waals surface area contributed by atoms with Gasteiger partial charge in [0.05, 0.1) is 22.7 Å². The number of nitrogens with one attached hydrogen (secondary N) is 1. The number of carbonyl (C=O) groups is 2. The number of benzene rings is 1. The summed E-state index contributed by atoms with van der Waals surface area (Å²) in [6, 6.07) is 5.69. The third-order valence-corrected chi connectivity index (χ3v) is 5.43. The molecule has 1 N–H and O–H groups in total. The fourth-order valence-corrected chi connectivity index (χ4v) is 3.86. The maximum absolute atomic E-state index is 13.1. The fraction of sp³-hybridized carbons (Fsp3) is 0.400. The topological polar surface area (TPSA) is 58.6 Å². The van der Waals surface area contributed by atoms with E-state index in [1.807, 2.05) is 6.92 Å². The molecule has 1 atom stereocenters. The van der Waals surface area contributed by atoms with Crippen LogP contribution in [-0.4, -0.2) is 35.9 Å². The minimum absolute atomic E-state index is 0.0475. The van der Waals surface area contributed by atoms with Gasteiger partial charge in [0.15, 0.2) is 0 Å². The largest absolute Gasteiger partial charge is 0.491 e. The molecule has 1 aromatic heterocycles. The number of ether oxygens (including phenoxy) is 1. The van der Waals surface area contributed by atoms with Gasteiger partial charge in [0.25, 0.3) is 5.91 Å². The van der Waals surface area contributed by atoms with Crippen LogP contribution in [0.5, 0.6) is 5.75 Å². The summed E-state index contributed by atoms with van der Waals surface area (Å²) in [5, 5.41) is 4.33. The number of hydrogen-bond donors (Lipinski definition) is 1. The van der Waals surface area contributed by atoms with Gasteiger partial charge in [-0.15, -0.1) is 11.3 Å². The second kappa shape index (κ2) is 8.86. The van der Waals surface area contributed by atoms with Gasteiger partial charge in [-0.2, -0.15) is 13.2 Å². The Balaban J connectivity index is 1.82. The van der Waals surface area contributed by atoms with Crippen molar-refractivity contribution in [3.63, 3.8) is 0 Å². The van der Waals surface area contributed by atoms with Crippen molar-refractivity contribution in [3.05, 3.63) is 46.2 Å². The summed E-state index contributed by atoms with van der Waals surface area (Å²) in [6.07, 6.45) is -2.78. The second-order valence-electron chi connectivity index (χ2n) is 6.68. The molecule has 0 spiro atoms. The number of halogens is 3. The van der Waals surface area contributed by atoms with Gasteiger partial charge in [0, 0.05) is 6.54 Å². The first kappa shape index (κ1) is 21.2. The third-order valence-electron chi connectivity index (χ3n) is 4.57. The van der Waals surface area contributed by atoms with E-state index in [4.69, 9.17) is 4.74 Å². The number of rotatable bonds is 6. The van der Waals surface area contributed by atoms with Crippen molar-refractivity contribution in [2.45, 2.75) is 38.4 Å². The molecule has 156 valence electrons. The van der Waals surface area contributed by atoms with Gasteiger partial charge in [-0.1, -0.05) is 13.0 Å². The number of likely N-dealkylation sites (tertiary alicyclic amines) is 1. The molecule has 0 bridgehead atoms. The second-order valence-corrected chi connectivity index (χ2v) is 7.63. The Bertz CT molecular complexity index is 868. The highest BCUT2D eigenvalue weighted by Crippen LogP contribution is 2.35. The number of alkyl halides is 3. The molecule has 5 nitrogen and oxygen atoms in total. The summed E-state index contributed by atoms with van der Waals surface area (Å²) < 4.78 is 44.8. The van der Waals surface area contributed by atoms with Crippen molar-refractivity contribution in [2.24, 2.45) is 0 Å². The van der Waals surface area contributed by atoms with Crippen LogP contribution >= 0.6 is 11.3 Å². The van der Waals surface area contributed by atoms with Crippen LogP contribution in [-0.2, 0) is 11.0 Å². The van der Waals surface area contributed by atoms with E-state index in [0.717, 1.165) is 12.1 Å². The maximum Gasteiger partial charge on any atom is 0.416 e. The van der Waals surface area contributed by atoms with Crippen LogP contribution in [0.25, 0.3) is 0 Å². The minimum atomic E-state index is -4.54. The summed E-state index contributed by atoms with van der Waals surface area (Å²) in [5.41, 5.74) is -0.928. The molecule has 29 heavy (non-hydrogen) atoms. The fourth-order valence-electron chi connectivity index (χ4n) is 3.18. The van der Waals surface area contributed by atoms with Gasteiger partial charge in [-0.05, 0) is 48.9 Å². The van der Waals surface area contributed by atoms with Gasteiger partial charge in [0.1, 0.15) is 11.8 Å². The molecule has 3 rings (SSSR count). The Morgan fingerprint density at radius 2 is 2.10 bits per heavy atom. The summed E-state index contributed by atoms with van der Waals surface area (Å²) >= 11 is 1.28. The molecular weight excluding hydrogens is 405 g/mol. The molecule has 2 aromatic rings. The summed E-state index contributed by atoms with van der Waals surface area (Å²) in [6.45, 7) is 2.60. The smallest absolute Gasteiger partial charge is 0.416 e. The maximum atomic E-state index is 13.1. The monoisotopic (exact) mass is 426 g/mol. The van der Waals surface area contributed by atoms with Crippen LogP contribution in [0.4, 0.5) is 18.9 Å². The van der Waals surface area contributed by atoms with Crippen LogP contribution in [0.3, 0.4) is 0 Å². The molecule has 1 saturated heterocycles. The van der Waals surface area contributed by atoms with Gasteiger partial charge in [-0.25, -0.2) is 0 Å². The van der Waals surface area contributed by atoms with Crippen molar-refractivity contribution in [1.29, 1.82) is 0 Å². The SMILES string of the molecule is CCCOc1ccc(C(F)(F)F)cc1NC(=O)[C@H]1CCCN1C(=O)c1cccs1. The Labute approximate surface area is 170 Å². The van der Waals surface area contributed by atoms with Crippen LogP contribution < -0.4 is 10.1 Å². The molecule has 0 aliphatic carbocycles. The van der Waals surface area contributed by atoms with Crippen molar-refractivity contribution in [2.75, 3.05) is 18.5 Å². The Hall–Kier alpha value is -2.55. The standard InChI is InChI=1S/C20H21F3N2O3S/c1-2-10-28-16-8-7-13(20(21,22)23)12-14(16)24-18(26)15-5-3-9-25(15)19(27)17-6-4-11-29-17/h4,6-8,11-12,15H,2-3,5,9-10H2,1H3,(H,24,26)/t15-/m1/s1. The lowest BCUT2D eigenvalue weighted by molar-refractivity contribution is -0.137. The van der Waals surface area contributed by atoms with Gasteiger partial charge >= 0.3 is 6.18 Å². The highest BCUT2D eigenvalue weighted by atomic mass is 32.1. The molecule has 9 heteroatoms. The highest BCUT2D eigenvalue weighted by molar-refractivity contribution is 7.12. The first-order valence-corrected chi connectivity index (χ1v) is 10.2. The zero-order valence-corrected chi connectivity index (χ0v) is 16.6. The molecule has 1 aliphatic heterocycles. The van der Waals surface area contributed by atoms with Crippen molar-refractivity contribution < 1.29 is 27.5 Å². The molecule has 2 amide bonds. The van der Waals surface area contributed by atoms with Crippen molar-refractivity contribution in [1.82, 2.24) is 4.90 Å². The van der Waals surface area contributed by atoms with E-state index in [1.54, 1.807) is 17.5 Å². The van der Waals surface area contributed by atoms with Gasteiger partial charge < -0.3 is 15.0 Å². The van der Waals surface area contributed by atoms with E-state index in [-0.39, 0.29) is 17.3 Å². The van der Waals surface area contributed by atoms with E-state index in [1.165, 1.54) is 22.3 Å². The summed E-state index contributed by atoms with van der Waals surface area (Å²) in [4.78, 5) is 27.5. The van der Waals surface area contributed by atoms with E-state index in [0.29, 0.717) is 37.3 Å². The number of thiophene rings is 1. The lowest BCUT2D eigenvalue weighted by atomic mass is 10.1. The lowest BCUT2D eigenvalue weighted by Crippen LogP contribution is -2.43. The van der Waals surface area contributed by atoms with E-state index < -0.39 is 23.7 Å². The van der Waals surface area contributed by atoms with Crippen molar-refractivity contribution >= 4 is 28.8 Å². The first-order valence-electron chi connectivity index (χ1n) is 9.30. The highest BCUT2D eigenvalue weighted by Gasteiger charge is 2.36. The average molecular weight is 426 g/mol. The van der Waals surface area contributed by atoms with Crippen molar-refractivity contribution in [3.8, 4) is 5.75 Å². The predicted octanol–water partition coefficient (Wildman–Crippen LogP) is 4.80. The predicted molar refractivity (Wildman–Crippen MR) is 104 cm³/mol. The minimum Gasteiger partial charge on any atom is -0.491 e. The van der Waals surface area contributed by atoms with E-state index in [9.17, 15) is 22.8 Å². The Morgan fingerprint density at radius 1 is 1.31 bits per heavy atom. The molecular formula is C20H21F3N2O3S. The van der Waals surface area contributed by atoms with E-state index >= 15 is 0 Å². The average Bonchev–Trinajstić information content (AvgIpc) is 3.37. The van der Waals surface area contributed by atoms with Gasteiger partial charge in [-0.3, -0.25) is 9.59 Å². The third kappa shape index (κ3) is 4.90. The zero-order chi connectivity index (χ0) is 21.0. The Kier molecular flexibility index (Phi) is 6.46. The van der Waals surface area contributed by atoms with Gasteiger partial charge in [0.2, 0.25) is 5.91 Å². The molecule has 1 fully saturated rings. The number of nitrogens with zero attached hydrogens (tertiary/aromatic N) is 1. The number of amides is 2. The molecule has 0 radical (unpaired) electrons. The van der Waals surface area contributed by atoms with E-state index in [2.05, 4.69) is 5.32 Å². The molecule has 0 unspecified atom stereocenters. The van der Waals surface area contributed by atoms with Crippen LogP contribution in [0.2, 0.25) is 0 Å². The Morgan fingerprint density at radius 3 is 2.76 bits per heavy atom. The normalized spacial score (nSPS) is 16.7. The summed E-state index contributed by atoms with van der Waals surface area (Å²) in [7, 11) is 0. The van der Waals surface area contributed by atoms with Crippen LogP contribution in [0, 0.1) is 0 Å². The number of hydrogen-bond acceptors (Lipinski definition) is 4. The quantitative estimate of drug-likeness (QED) is 0.722. The molecule has 2 heterocycles. The zero-order valence-electron chi connectivity index (χ0n) is 15.8. The number of anilines is 1. The first-order chi connectivity index (χ1) is 13.8. The molecule has 1 aromatic carbocycles. The molecule has 0 saturated carbocycles. The van der Waals surface area contributed by atoms with Crippen LogP contribution in [0.15, 0.2) is 35.7 Å². The number of carbonyl (C=O) groups excluding carboxylic acids is 2. The lowest BCUT2D eigenvalue weighted by Gasteiger charge is -2.24. The van der Waals surface area contributed by atoms with Crippen LogP contribution in [0.1, 0.15) is 41.4 Å².